The fourth-order valence-electron chi connectivity index (χ4n) is 3.20. The first-order valence-corrected chi connectivity index (χ1v) is 9.29. The van der Waals surface area contributed by atoms with Crippen LogP contribution in [0.15, 0.2) is 6.07 Å². The maximum Gasteiger partial charge on any atom is 0.227 e. The van der Waals surface area contributed by atoms with Gasteiger partial charge in [0.05, 0.1) is 16.3 Å². The van der Waals surface area contributed by atoms with Crippen LogP contribution in [0, 0.1) is 32.1 Å². The Bertz CT molecular complexity index is 896. The summed E-state index contributed by atoms with van der Waals surface area (Å²) < 4.78 is 0. The second kappa shape index (κ2) is 7.57. The van der Waals surface area contributed by atoms with Gasteiger partial charge in [-0.2, -0.15) is 10.2 Å². The Morgan fingerprint density at radius 2 is 1.67 bits per heavy atom. The standard InChI is InChI=1S/C19H24ClN7/c1-12-10-16(25(4)5)24-19(22-12)27-8-6-26(7-9-27)18-15(11-21)13(2)17(20)14(3)23-18/h10H,6-9H2,1-5H3. The number of piperazine rings is 1. The van der Waals surface area contributed by atoms with Crippen molar-refractivity contribution in [3.63, 3.8) is 0 Å². The highest BCUT2D eigenvalue weighted by Crippen LogP contribution is 2.30. The molecule has 27 heavy (non-hydrogen) atoms. The third-order valence-electron chi connectivity index (χ3n) is 4.78. The maximum atomic E-state index is 9.58. The predicted molar refractivity (Wildman–Crippen MR) is 109 cm³/mol. The number of hydrogen-bond donors (Lipinski definition) is 0. The highest BCUT2D eigenvalue weighted by atomic mass is 35.5. The van der Waals surface area contributed by atoms with E-state index in [1.54, 1.807) is 0 Å². The molecule has 8 heteroatoms. The zero-order valence-electron chi connectivity index (χ0n) is 16.4. The summed E-state index contributed by atoms with van der Waals surface area (Å²) in [6, 6.07) is 4.24. The van der Waals surface area contributed by atoms with E-state index in [2.05, 4.69) is 30.8 Å². The quantitative estimate of drug-likeness (QED) is 0.804. The normalized spacial score (nSPS) is 14.3. The summed E-state index contributed by atoms with van der Waals surface area (Å²) in [6.07, 6.45) is 0. The Hall–Kier alpha value is -2.59. The summed E-state index contributed by atoms with van der Waals surface area (Å²) >= 11 is 6.27. The summed E-state index contributed by atoms with van der Waals surface area (Å²) in [6.45, 7) is 8.76. The second-order valence-electron chi connectivity index (χ2n) is 6.98. The molecule has 0 atom stereocenters. The van der Waals surface area contributed by atoms with Gasteiger partial charge in [0.2, 0.25) is 5.95 Å². The molecule has 1 fully saturated rings. The Kier molecular flexibility index (Phi) is 5.38. The van der Waals surface area contributed by atoms with Gasteiger partial charge in [0.1, 0.15) is 17.7 Å². The number of anilines is 3. The summed E-state index contributed by atoms with van der Waals surface area (Å²) in [5.41, 5.74) is 3.05. The van der Waals surface area contributed by atoms with Gasteiger partial charge in [-0.1, -0.05) is 11.6 Å². The Labute approximate surface area is 165 Å². The van der Waals surface area contributed by atoms with E-state index in [0.29, 0.717) is 10.6 Å². The van der Waals surface area contributed by atoms with Crippen LogP contribution in [0.1, 0.15) is 22.5 Å². The van der Waals surface area contributed by atoms with Gasteiger partial charge in [-0.3, -0.25) is 0 Å². The van der Waals surface area contributed by atoms with Crippen LogP contribution in [0.2, 0.25) is 5.02 Å². The first kappa shape index (κ1) is 19.2. The van der Waals surface area contributed by atoms with Crippen LogP contribution >= 0.6 is 11.6 Å². The minimum absolute atomic E-state index is 0.556. The lowest BCUT2D eigenvalue weighted by molar-refractivity contribution is 0.632. The average Bonchev–Trinajstić information content (AvgIpc) is 2.65. The Morgan fingerprint density at radius 1 is 1.04 bits per heavy atom. The summed E-state index contributed by atoms with van der Waals surface area (Å²) in [5, 5.41) is 10.1. The Balaban J connectivity index is 1.82. The zero-order valence-corrected chi connectivity index (χ0v) is 17.2. The van der Waals surface area contributed by atoms with Crippen LogP contribution in [-0.4, -0.2) is 55.2 Å². The molecule has 0 amide bonds. The van der Waals surface area contributed by atoms with E-state index < -0.39 is 0 Å². The van der Waals surface area contributed by atoms with Crippen LogP contribution in [0.5, 0.6) is 0 Å². The molecule has 0 unspecified atom stereocenters. The second-order valence-corrected chi connectivity index (χ2v) is 7.36. The van der Waals surface area contributed by atoms with Gasteiger partial charge in [0, 0.05) is 52.0 Å². The molecular formula is C19H24ClN7. The molecule has 0 aliphatic carbocycles. The molecule has 3 rings (SSSR count). The molecule has 0 aromatic carbocycles. The molecular weight excluding hydrogens is 362 g/mol. The fraction of sp³-hybridized carbons (Fsp3) is 0.474. The van der Waals surface area contributed by atoms with Crippen molar-refractivity contribution in [3.8, 4) is 6.07 Å². The van der Waals surface area contributed by atoms with E-state index in [4.69, 9.17) is 11.6 Å². The fourth-order valence-corrected chi connectivity index (χ4v) is 3.34. The largest absolute Gasteiger partial charge is 0.363 e. The van der Waals surface area contributed by atoms with E-state index in [9.17, 15) is 5.26 Å². The number of aryl methyl sites for hydroxylation is 2. The number of rotatable bonds is 3. The molecule has 0 radical (unpaired) electrons. The molecule has 3 heterocycles. The van der Waals surface area contributed by atoms with E-state index in [1.807, 2.05) is 45.8 Å². The van der Waals surface area contributed by atoms with Crippen molar-refractivity contribution < 1.29 is 0 Å². The van der Waals surface area contributed by atoms with Crippen molar-refractivity contribution in [3.05, 3.63) is 33.6 Å². The summed E-state index contributed by atoms with van der Waals surface area (Å²) in [5.74, 6) is 2.36. The van der Waals surface area contributed by atoms with Crippen molar-refractivity contribution in [2.75, 3.05) is 55.0 Å². The summed E-state index contributed by atoms with van der Waals surface area (Å²) in [4.78, 5) is 20.2. The molecule has 0 saturated carbocycles. The Morgan fingerprint density at radius 3 is 2.26 bits per heavy atom. The maximum absolute atomic E-state index is 9.58. The van der Waals surface area contributed by atoms with Crippen molar-refractivity contribution in [2.24, 2.45) is 0 Å². The van der Waals surface area contributed by atoms with Crippen molar-refractivity contribution >= 4 is 29.2 Å². The molecule has 1 saturated heterocycles. The number of nitrogens with zero attached hydrogens (tertiary/aromatic N) is 7. The first-order valence-electron chi connectivity index (χ1n) is 8.91. The van der Waals surface area contributed by atoms with Gasteiger partial charge >= 0.3 is 0 Å². The van der Waals surface area contributed by atoms with Gasteiger partial charge in [-0.05, 0) is 26.3 Å². The minimum atomic E-state index is 0.556. The van der Waals surface area contributed by atoms with Crippen LogP contribution < -0.4 is 14.7 Å². The van der Waals surface area contributed by atoms with E-state index in [0.717, 1.165) is 60.7 Å². The van der Waals surface area contributed by atoms with Crippen LogP contribution in [-0.2, 0) is 0 Å². The topological polar surface area (TPSA) is 72.2 Å². The highest BCUT2D eigenvalue weighted by Gasteiger charge is 2.24. The third kappa shape index (κ3) is 3.76. The number of nitriles is 1. The van der Waals surface area contributed by atoms with Crippen LogP contribution in [0.3, 0.4) is 0 Å². The van der Waals surface area contributed by atoms with Gasteiger partial charge in [0.25, 0.3) is 0 Å². The number of pyridine rings is 1. The van der Waals surface area contributed by atoms with Gasteiger partial charge < -0.3 is 14.7 Å². The smallest absolute Gasteiger partial charge is 0.227 e. The van der Waals surface area contributed by atoms with E-state index >= 15 is 0 Å². The number of hydrogen-bond acceptors (Lipinski definition) is 7. The lowest BCUT2D eigenvalue weighted by Gasteiger charge is -2.36. The first-order chi connectivity index (χ1) is 12.8. The van der Waals surface area contributed by atoms with E-state index in [-0.39, 0.29) is 0 Å². The van der Waals surface area contributed by atoms with E-state index in [1.165, 1.54) is 0 Å². The lowest BCUT2D eigenvalue weighted by atomic mass is 10.1. The predicted octanol–water partition coefficient (Wildman–Crippen LogP) is 2.71. The molecule has 7 nitrogen and oxygen atoms in total. The van der Waals surface area contributed by atoms with Crippen molar-refractivity contribution in [2.45, 2.75) is 20.8 Å². The highest BCUT2D eigenvalue weighted by molar-refractivity contribution is 6.32. The molecule has 2 aromatic rings. The van der Waals surface area contributed by atoms with Crippen molar-refractivity contribution in [1.82, 2.24) is 15.0 Å². The van der Waals surface area contributed by atoms with Crippen LogP contribution in [0.4, 0.5) is 17.6 Å². The van der Waals surface area contributed by atoms with Crippen LogP contribution in [0.25, 0.3) is 0 Å². The molecule has 1 aliphatic heterocycles. The minimum Gasteiger partial charge on any atom is -0.363 e. The van der Waals surface area contributed by atoms with Gasteiger partial charge in [0.15, 0.2) is 0 Å². The zero-order chi connectivity index (χ0) is 19.7. The van der Waals surface area contributed by atoms with Crippen molar-refractivity contribution in [1.29, 1.82) is 5.26 Å². The molecule has 142 valence electrons. The SMILES string of the molecule is Cc1cc(N(C)C)nc(N2CCN(c3nc(C)c(Cl)c(C)c3C#N)CC2)n1. The third-order valence-corrected chi connectivity index (χ3v) is 5.34. The monoisotopic (exact) mass is 385 g/mol. The molecule has 0 N–H and O–H groups in total. The number of aromatic nitrogens is 3. The van der Waals surface area contributed by atoms with Gasteiger partial charge in [-0.15, -0.1) is 0 Å². The lowest BCUT2D eigenvalue weighted by Crippen LogP contribution is -2.47. The molecule has 0 spiro atoms. The molecule has 0 bridgehead atoms. The van der Waals surface area contributed by atoms with Gasteiger partial charge in [-0.25, -0.2) is 9.97 Å². The summed E-state index contributed by atoms with van der Waals surface area (Å²) in [7, 11) is 3.95. The number of halogens is 1. The molecule has 2 aromatic heterocycles. The average molecular weight is 386 g/mol. The molecule has 1 aliphatic rings.